The SMILES string of the molecule is CC1(C)OB(c2cc3c(cc2F)NC(=O)C3)OC1(C)C. The van der Waals surface area contributed by atoms with Crippen LogP contribution in [-0.4, -0.2) is 24.2 Å². The van der Waals surface area contributed by atoms with Gasteiger partial charge in [-0.1, -0.05) is 6.07 Å². The number of amides is 1. The summed E-state index contributed by atoms with van der Waals surface area (Å²) in [6.07, 6.45) is 0.266. The molecule has 0 aromatic heterocycles. The van der Waals surface area contributed by atoms with Crippen molar-refractivity contribution in [3.8, 4) is 0 Å². The summed E-state index contributed by atoms with van der Waals surface area (Å²) in [6, 6.07) is 2.99. The van der Waals surface area contributed by atoms with E-state index in [0.29, 0.717) is 11.2 Å². The van der Waals surface area contributed by atoms with Gasteiger partial charge in [0.2, 0.25) is 5.91 Å². The molecule has 3 rings (SSSR count). The molecule has 1 saturated heterocycles. The fourth-order valence-corrected chi connectivity index (χ4v) is 2.42. The fourth-order valence-electron chi connectivity index (χ4n) is 2.42. The molecule has 0 atom stereocenters. The average molecular weight is 277 g/mol. The highest BCUT2D eigenvalue weighted by Crippen LogP contribution is 2.37. The van der Waals surface area contributed by atoms with Gasteiger partial charge in [-0.3, -0.25) is 4.79 Å². The third-order valence-electron chi connectivity index (χ3n) is 4.35. The Morgan fingerprint density at radius 1 is 1.20 bits per heavy atom. The van der Waals surface area contributed by atoms with Gasteiger partial charge in [0.15, 0.2) is 0 Å². The van der Waals surface area contributed by atoms with Crippen molar-refractivity contribution in [3.63, 3.8) is 0 Å². The van der Waals surface area contributed by atoms with E-state index in [2.05, 4.69) is 5.32 Å². The van der Waals surface area contributed by atoms with E-state index in [1.807, 2.05) is 27.7 Å². The molecule has 0 unspecified atom stereocenters. The molecule has 1 aromatic carbocycles. The second kappa shape index (κ2) is 4.05. The summed E-state index contributed by atoms with van der Waals surface area (Å²) in [5, 5.41) is 2.63. The van der Waals surface area contributed by atoms with Crippen LogP contribution in [0.3, 0.4) is 0 Å². The molecule has 2 aliphatic rings. The van der Waals surface area contributed by atoms with E-state index in [-0.39, 0.29) is 12.3 Å². The lowest BCUT2D eigenvalue weighted by atomic mass is 9.77. The second-order valence-corrected chi connectivity index (χ2v) is 6.34. The smallest absolute Gasteiger partial charge is 0.399 e. The highest BCUT2D eigenvalue weighted by atomic mass is 19.1. The van der Waals surface area contributed by atoms with Crippen LogP contribution in [0.1, 0.15) is 33.3 Å². The Hall–Kier alpha value is -1.40. The molecule has 0 radical (unpaired) electrons. The molecule has 0 bridgehead atoms. The molecule has 1 aromatic rings. The van der Waals surface area contributed by atoms with Crippen LogP contribution in [0.2, 0.25) is 0 Å². The van der Waals surface area contributed by atoms with Crippen molar-refractivity contribution in [2.45, 2.75) is 45.3 Å². The summed E-state index contributed by atoms with van der Waals surface area (Å²) >= 11 is 0. The van der Waals surface area contributed by atoms with E-state index < -0.39 is 24.1 Å². The molecular formula is C14H17BFNO3. The average Bonchev–Trinajstić information content (AvgIpc) is 2.74. The maximum Gasteiger partial charge on any atom is 0.497 e. The van der Waals surface area contributed by atoms with Gasteiger partial charge in [0.25, 0.3) is 0 Å². The number of rotatable bonds is 1. The summed E-state index contributed by atoms with van der Waals surface area (Å²) in [5.74, 6) is -0.546. The van der Waals surface area contributed by atoms with Crippen LogP contribution in [0.5, 0.6) is 0 Å². The van der Waals surface area contributed by atoms with Crippen LogP contribution in [0.15, 0.2) is 12.1 Å². The minimum absolute atomic E-state index is 0.120. The molecule has 0 saturated carbocycles. The van der Waals surface area contributed by atoms with Gasteiger partial charge < -0.3 is 14.6 Å². The van der Waals surface area contributed by atoms with Gasteiger partial charge in [0.05, 0.1) is 17.6 Å². The molecule has 2 aliphatic heterocycles. The highest BCUT2D eigenvalue weighted by Gasteiger charge is 2.52. The van der Waals surface area contributed by atoms with Gasteiger partial charge >= 0.3 is 7.12 Å². The van der Waals surface area contributed by atoms with Gasteiger partial charge in [-0.2, -0.15) is 0 Å². The number of halogens is 1. The topological polar surface area (TPSA) is 47.6 Å². The van der Waals surface area contributed by atoms with E-state index in [9.17, 15) is 9.18 Å². The number of fused-ring (bicyclic) bond motifs is 1. The van der Waals surface area contributed by atoms with Crippen molar-refractivity contribution in [1.29, 1.82) is 0 Å². The maximum atomic E-state index is 14.2. The number of nitrogens with one attached hydrogen (secondary N) is 1. The summed E-state index contributed by atoms with van der Waals surface area (Å²) in [7, 11) is -0.749. The summed E-state index contributed by atoms with van der Waals surface area (Å²) in [6.45, 7) is 7.68. The van der Waals surface area contributed by atoms with Crippen molar-refractivity contribution in [2.75, 3.05) is 5.32 Å². The van der Waals surface area contributed by atoms with Crippen LogP contribution >= 0.6 is 0 Å². The number of hydrogen-bond donors (Lipinski definition) is 1. The summed E-state index contributed by atoms with van der Waals surface area (Å²) in [5.41, 5.74) is 0.627. The van der Waals surface area contributed by atoms with Crippen molar-refractivity contribution < 1.29 is 18.5 Å². The van der Waals surface area contributed by atoms with Crippen molar-refractivity contribution >= 4 is 24.2 Å². The van der Waals surface area contributed by atoms with E-state index in [4.69, 9.17) is 9.31 Å². The Morgan fingerprint density at radius 2 is 1.80 bits per heavy atom. The van der Waals surface area contributed by atoms with E-state index in [1.54, 1.807) is 6.07 Å². The van der Waals surface area contributed by atoms with Gasteiger partial charge in [-0.05, 0) is 39.3 Å². The molecule has 1 N–H and O–H groups in total. The van der Waals surface area contributed by atoms with Gasteiger partial charge in [-0.25, -0.2) is 4.39 Å². The lowest BCUT2D eigenvalue weighted by molar-refractivity contribution is -0.115. The zero-order chi connectivity index (χ0) is 14.7. The molecule has 4 nitrogen and oxygen atoms in total. The van der Waals surface area contributed by atoms with Gasteiger partial charge in [0.1, 0.15) is 5.82 Å². The Kier molecular flexibility index (Phi) is 2.75. The minimum atomic E-state index is -0.749. The molecule has 0 spiro atoms. The van der Waals surface area contributed by atoms with E-state index in [1.165, 1.54) is 6.07 Å². The van der Waals surface area contributed by atoms with Crippen molar-refractivity contribution in [3.05, 3.63) is 23.5 Å². The maximum absolute atomic E-state index is 14.2. The normalized spacial score (nSPS) is 22.9. The first-order chi connectivity index (χ1) is 9.19. The van der Waals surface area contributed by atoms with Crippen LogP contribution in [0, 0.1) is 5.82 Å². The zero-order valence-corrected chi connectivity index (χ0v) is 12.0. The third kappa shape index (κ3) is 1.94. The number of hydrogen-bond acceptors (Lipinski definition) is 3. The number of carbonyl (C=O) groups is 1. The van der Waals surface area contributed by atoms with Crippen LogP contribution in [-0.2, 0) is 20.5 Å². The second-order valence-electron chi connectivity index (χ2n) is 6.34. The molecule has 6 heteroatoms. The molecule has 1 fully saturated rings. The molecular weight excluding hydrogens is 260 g/mol. The van der Waals surface area contributed by atoms with Gasteiger partial charge in [-0.15, -0.1) is 0 Å². The molecule has 106 valence electrons. The molecule has 20 heavy (non-hydrogen) atoms. The van der Waals surface area contributed by atoms with Gasteiger partial charge in [0, 0.05) is 11.2 Å². The first-order valence-electron chi connectivity index (χ1n) is 6.67. The first kappa shape index (κ1) is 13.6. The summed E-state index contributed by atoms with van der Waals surface area (Å²) in [4.78, 5) is 11.4. The number of carbonyl (C=O) groups excluding carboxylic acids is 1. The largest absolute Gasteiger partial charge is 0.497 e. The van der Waals surface area contributed by atoms with E-state index >= 15 is 0 Å². The van der Waals surface area contributed by atoms with Crippen molar-refractivity contribution in [2.24, 2.45) is 0 Å². The lowest BCUT2D eigenvalue weighted by Gasteiger charge is -2.32. The molecule has 1 amide bonds. The molecule has 0 aliphatic carbocycles. The van der Waals surface area contributed by atoms with Crippen LogP contribution in [0.25, 0.3) is 0 Å². The zero-order valence-electron chi connectivity index (χ0n) is 12.0. The third-order valence-corrected chi connectivity index (χ3v) is 4.35. The Morgan fingerprint density at radius 3 is 2.40 bits per heavy atom. The first-order valence-corrected chi connectivity index (χ1v) is 6.67. The predicted molar refractivity (Wildman–Crippen MR) is 74.4 cm³/mol. The fraction of sp³-hybridized carbons (Fsp3) is 0.500. The standard InChI is InChI=1S/C14H17BFNO3/c1-13(2)14(3,4)20-15(19-13)9-5-8-6-12(18)17-11(8)7-10(9)16/h5,7H,6H2,1-4H3,(H,17,18). The quantitative estimate of drug-likeness (QED) is 0.793. The number of benzene rings is 1. The monoisotopic (exact) mass is 277 g/mol. The number of anilines is 1. The highest BCUT2D eigenvalue weighted by molar-refractivity contribution is 6.62. The minimum Gasteiger partial charge on any atom is -0.399 e. The Bertz CT molecular complexity index is 584. The van der Waals surface area contributed by atoms with Crippen LogP contribution in [0.4, 0.5) is 10.1 Å². The summed E-state index contributed by atoms with van der Waals surface area (Å²) < 4.78 is 25.9. The lowest BCUT2D eigenvalue weighted by Crippen LogP contribution is -2.41. The molecule has 2 heterocycles. The van der Waals surface area contributed by atoms with Crippen LogP contribution < -0.4 is 10.8 Å². The van der Waals surface area contributed by atoms with Crippen molar-refractivity contribution in [1.82, 2.24) is 0 Å². The van der Waals surface area contributed by atoms with E-state index in [0.717, 1.165) is 5.56 Å². The predicted octanol–water partition coefficient (Wildman–Crippen LogP) is 1.62. The Balaban J connectivity index is 1.97. The Labute approximate surface area is 117 Å².